The van der Waals surface area contributed by atoms with E-state index in [4.69, 9.17) is 0 Å². The van der Waals surface area contributed by atoms with Gasteiger partial charge in [-0.2, -0.15) is 0 Å². The minimum Gasteiger partial charge on any atom is -0.390 e. The van der Waals surface area contributed by atoms with Crippen molar-refractivity contribution < 1.29 is 5.11 Å². The highest BCUT2D eigenvalue weighted by Gasteiger charge is 2.36. The Hall–Kier alpha value is -0.820. The van der Waals surface area contributed by atoms with Gasteiger partial charge in [0.15, 0.2) is 0 Å². The van der Waals surface area contributed by atoms with Crippen LogP contribution >= 0.6 is 0 Å². The van der Waals surface area contributed by atoms with Gasteiger partial charge in [-0.1, -0.05) is 37.1 Å². The fourth-order valence-electron chi connectivity index (χ4n) is 3.07. The van der Waals surface area contributed by atoms with E-state index >= 15 is 0 Å². The van der Waals surface area contributed by atoms with Gasteiger partial charge < -0.3 is 5.11 Å². The standard InChI is InChI=1S/C16H24O/c1-4-14-7-8-16(17,10-14)11-15-9-12(2)5-6-13(15)3/h5-6,9,14,17H,4,7-8,10-11H2,1-3H3. The molecule has 1 aliphatic carbocycles. The van der Waals surface area contributed by atoms with Crippen LogP contribution in [-0.2, 0) is 6.42 Å². The normalized spacial score (nSPS) is 28.6. The van der Waals surface area contributed by atoms with Gasteiger partial charge in [-0.05, 0) is 50.2 Å². The molecule has 2 unspecified atom stereocenters. The molecule has 1 saturated carbocycles. The number of aliphatic hydroxyl groups is 1. The maximum Gasteiger partial charge on any atom is 0.0690 e. The van der Waals surface area contributed by atoms with Gasteiger partial charge in [-0.15, -0.1) is 0 Å². The third-order valence-corrected chi connectivity index (χ3v) is 4.29. The second kappa shape index (κ2) is 4.81. The van der Waals surface area contributed by atoms with Gasteiger partial charge in [-0.3, -0.25) is 0 Å². The van der Waals surface area contributed by atoms with Crippen molar-refractivity contribution in [3.63, 3.8) is 0 Å². The minimum atomic E-state index is -0.445. The summed E-state index contributed by atoms with van der Waals surface area (Å²) in [7, 11) is 0. The molecule has 1 fully saturated rings. The first-order chi connectivity index (χ1) is 8.02. The molecule has 17 heavy (non-hydrogen) atoms. The van der Waals surface area contributed by atoms with E-state index in [9.17, 15) is 5.11 Å². The van der Waals surface area contributed by atoms with Crippen LogP contribution in [0.15, 0.2) is 18.2 Å². The van der Waals surface area contributed by atoms with Gasteiger partial charge in [0.2, 0.25) is 0 Å². The first-order valence-electron chi connectivity index (χ1n) is 6.81. The van der Waals surface area contributed by atoms with Gasteiger partial charge >= 0.3 is 0 Å². The van der Waals surface area contributed by atoms with Crippen LogP contribution in [0.5, 0.6) is 0 Å². The van der Waals surface area contributed by atoms with Crippen molar-refractivity contribution >= 4 is 0 Å². The molecule has 2 atom stereocenters. The molecule has 1 N–H and O–H groups in total. The van der Waals surface area contributed by atoms with Crippen LogP contribution in [0.2, 0.25) is 0 Å². The van der Waals surface area contributed by atoms with E-state index in [0.29, 0.717) is 0 Å². The Morgan fingerprint density at radius 1 is 1.35 bits per heavy atom. The molecule has 0 bridgehead atoms. The largest absolute Gasteiger partial charge is 0.390 e. The van der Waals surface area contributed by atoms with Crippen LogP contribution in [0.25, 0.3) is 0 Å². The third kappa shape index (κ3) is 2.90. The molecule has 0 aromatic heterocycles. The second-order valence-corrected chi connectivity index (χ2v) is 5.85. The predicted molar refractivity (Wildman–Crippen MR) is 72.2 cm³/mol. The van der Waals surface area contributed by atoms with Crippen LogP contribution in [0, 0.1) is 19.8 Å². The van der Waals surface area contributed by atoms with Crippen molar-refractivity contribution in [1.29, 1.82) is 0 Å². The molecule has 1 aromatic rings. The summed E-state index contributed by atoms with van der Waals surface area (Å²) in [6.07, 6.45) is 5.18. The van der Waals surface area contributed by atoms with Gasteiger partial charge in [0, 0.05) is 6.42 Å². The highest BCUT2D eigenvalue weighted by atomic mass is 16.3. The summed E-state index contributed by atoms with van der Waals surface area (Å²) in [4.78, 5) is 0. The number of benzene rings is 1. The van der Waals surface area contributed by atoms with Crippen LogP contribution in [0.4, 0.5) is 0 Å². The topological polar surface area (TPSA) is 20.2 Å². The molecule has 0 heterocycles. The van der Waals surface area contributed by atoms with Crippen molar-refractivity contribution in [3.05, 3.63) is 34.9 Å². The lowest BCUT2D eigenvalue weighted by Gasteiger charge is -2.24. The van der Waals surface area contributed by atoms with Gasteiger partial charge in [-0.25, -0.2) is 0 Å². The maximum absolute atomic E-state index is 10.7. The lowest BCUT2D eigenvalue weighted by atomic mass is 9.89. The molecule has 0 spiro atoms. The number of rotatable bonds is 3. The Balaban J connectivity index is 2.13. The molecular weight excluding hydrogens is 208 g/mol. The Kier molecular flexibility index (Phi) is 3.58. The zero-order valence-electron chi connectivity index (χ0n) is 11.3. The summed E-state index contributed by atoms with van der Waals surface area (Å²) in [6, 6.07) is 6.54. The fourth-order valence-corrected chi connectivity index (χ4v) is 3.07. The second-order valence-electron chi connectivity index (χ2n) is 5.85. The molecule has 0 amide bonds. The molecule has 2 rings (SSSR count). The molecule has 1 heteroatoms. The average Bonchev–Trinajstić information content (AvgIpc) is 2.66. The lowest BCUT2D eigenvalue weighted by Crippen LogP contribution is -2.28. The van der Waals surface area contributed by atoms with Crippen LogP contribution in [0.3, 0.4) is 0 Å². The quantitative estimate of drug-likeness (QED) is 0.840. The van der Waals surface area contributed by atoms with Crippen molar-refractivity contribution in [2.75, 3.05) is 0 Å². The summed E-state index contributed by atoms with van der Waals surface area (Å²) in [6.45, 7) is 6.50. The van der Waals surface area contributed by atoms with Gasteiger partial charge in [0.05, 0.1) is 5.60 Å². The molecule has 1 nitrogen and oxygen atoms in total. The zero-order valence-corrected chi connectivity index (χ0v) is 11.3. The van der Waals surface area contributed by atoms with E-state index in [1.807, 2.05) is 0 Å². The van der Waals surface area contributed by atoms with Crippen molar-refractivity contribution in [2.45, 2.75) is 58.5 Å². The van der Waals surface area contributed by atoms with Crippen molar-refractivity contribution in [3.8, 4) is 0 Å². The monoisotopic (exact) mass is 232 g/mol. The van der Waals surface area contributed by atoms with E-state index in [1.165, 1.54) is 29.5 Å². The summed E-state index contributed by atoms with van der Waals surface area (Å²) in [5, 5.41) is 10.7. The molecule has 0 aliphatic heterocycles. The van der Waals surface area contributed by atoms with E-state index in [0.717, 1.165) is 25.2 Å². The van der Waals surface area contributed by atoms with E-state index < -0.39 is 5.60 Å². The molecular formula is C16H24O. The highest BCUT2D eigenvalue weighted by molar-refractivity contribution is 5.31. The molecule has 1 aliphatic rings. The minimum absolute atomic E-state index is 0.445. The summed E-state index contributed by atoms with van der Waals surface area (Å²) in [5.41, 5.74) is 3.48. The van der Waals surface area contributed by atoms with Crippen molar-refractivity contribution in [1.82, 2.24) is 0 Å². The lowest BCUT2D eigenvalue weighted by molar-refractivity contribution is 0.0435. The Morgan fingerprint density at radius 3 is 2.76 bits per heavy atom. The number of aryl methyl sites for hydroxylation is 2. The van der Waals surface area contributed by atoms with Crippen LogP contribution < -0.4 is 0 Å². The van der Waals surface area contributed by atoms with E-state index in [-0.39, 0.29) is 0 Å². The summed E-state index contributed by atoms with van der Waals surface area (Å²) < 4.78 is 0. The Morgan fingerprint density at radius 2 is 2.12 bits per heavy atom. The van der Waals surface area contributed by atoms with Crippen LogP contribution in [0.1, 0.15) is 49.3 Å². The molecule has 94 valence electrons. The van der Waals surface area contributed by atoms with E-state index in [2.05, 4.69) is 39.0 Å². The summed E-state index contributed by atoms with van der Waals surface area (Å²) >= 11 is 0. The fraction of sp³-hybridized carbons (Fsp3) is 0.625. The first-order valence-corrected chi connectivity index (χ1v) is 6.81. The Labute approximate surface area is 105 Å². The van der Waals surface area contributed by atoms with Crippen molar-refractivity contribution in [2.24, 2.45) is 5.92 Å². The first kappa shape index (κ1) is 12.6. The molecule has 1 aromatic carbocycles. The zero-order chi connectivity index (χ0) is 12.5. The highest BCUT2D eigenvalue weighted by Crippen LogP contribution is 2.38. The van der Waals surface area contributed by atoms with E-state index in [1.54, 1.807) is 0 Å². The predicted octanol–water partition coefficient (Wildman–Crippen LogP) is 3.79. The summed E-state index contributed by atoms with van der Waals surface area (Å²) in [5.74, 6) is 0.727. The maximum atomic E-state index is 10.7. The number of hydrogen-bond acceptors (Lipinski definition) is 1. The third-order valence-electron chi connectivity index (χ3n) is 4.29. The smallest absolute Gasteiger partial charge is 0.0690 e. The molecule has 0 saturated heterocycles. The average molecular weight is 232 g/mol. The SMILES string of the molecule is CCC1CCC(O)(Cc2cc(C)ccc2C)C1. The van der Waals surface area contributed by atoms with Gasteiger partial charge in [0.1, 0.15) is 0 Å². The Bertz CT molecular complexity index is 397. The number of hydrogen-bond donors (Lipinski definition) is 1. The van der Waals surface area contributed by atoms with Gasteiger partial charge in [0.25, 0.3) is 0 Å². The van der Waals surface area contributed by atoms with Crippen LogP contribution in [-0.4, -0.2) is 10.7 Å². The molecule has 0 radical (unpaired) electrons.